The van der Waals surface area contributed by atoms with Crippen LogP contribution in [-0.4, -0.2) is 83.0 Å². The van der Waals surface area contributed by atoms with Gasteiger partial charge in [-0.25, -0.2) is 0 Å². The van der Waals surface area contributed by atoms with Crippen LogP contribution in [0.3, 0.4) is 0 Å². The van der Waals surface area contributed by atoms with Crippen molar-refractivity contribution >= 4 is 0 Å². The van der Waals surface area contributed by atoms with Crippen LogP contribution in [0.2, 0.25) is 0 Å². The Bertz CT molecular complexity index is 334. The Morgan fingerprint density at radius 3 is 2.68 bits per heavy atom. The van der Waals surface area contributed by atoms with Gasteiger partial charge in [-0.3, -0.25) is 0 Å². The van der Waals surface area contributed by atoms with Gasteiger partial charge >= 0.3 is 0 Å². The van der Waals surface area contributed by atoms with Gasteiger partial charge in [-0.15, -0.1) is 0 Å². The van der Waals surface area contributed by atoms with E-state index in [4.69, 9.17) is 25.4 Å². The van der Waals surface area contributed by atoms with Crippen molar-refractivity contribution in [1.82, 2.24) is 5.32 Å². The summed E-state index contributed by atoms with van der Waals surface area (Å²) in [7, 11) is 0. The van der Waals surface area contributed by atoms with Crippen LogP contribution in [0.5, 0.6) is 0 Å². The summed E-state index contributed by atoms with van der Waals surface area (Å²) in [6, 6.07) is -0.419. The van der Waals surface area contributed by atoms with Crippen molar-refractivity contribution in [1.29, 1.82) is 0 Å². The molecular weight excluding hydrogens is 292 g/mol. The molecule has 1 aliphatic carbocycles. The molecule has 6 unspecified atom stereocenters. The number of rotatable bonds is 7. The van der Waals surface area contributed by atoms with Crippen molar-refractivity contribution in [2.75, 3.05) is 19.8 Å². The van der Waals surface area contributed by atoms with Crippen LogP contribution >= 0.6 is 0 Å². The van der Waals surface area contributed by atoms with Gasteiger partial charge in [-0.05, 0) is 19.3 Å². The first-order valence-corrected chi connectivity index (χ1v) is 7.91. The molecule has 7 N–H and O–H groups in total. The molecule has 0 radical (unpaired) electrons. The zero-order valence-electron chi connectivity index (χ0n) is 12.7. The highest BCUT2D eigenvalue weighted by Crippen LogP contribution is 2.27. The number of hydrogen-bond acceptors (Lipinski definition) is 8. The van der Waals surface area contributed by atoms with E-state index in [1.165, 1.54) is 0 Å². The van der Waals surface area contributed by atoms with Crippen LogP contribution in [-0.2, 0) is 9.47 Å². The third kappa shape index (κ3) is 4.84. The number of nitrogens with one attached hydrogen (secondary N) is 1. The third-order valence-corrected chi connectivity index (χ3v) is 4.34. The number of ether oxygens (including phenoxy) is 2. The second kappa shape index (κ2) is 8.51. The third-order valence-electron chi connectivity index (χ3n) is 4.34. The second-order valence-electron chi connectivity index (χ2n) is 6.19. The highest BCUT2D eigenvalue weighted by atomic mass is 16.7. The molecule has 1 heterocycles. The maximum atomic E-state index is 10.2. The van der Waals surface area contributed by atoms with Crippen molar-refractivity contribution in [3.8, 4) is 0 Å². The van der Waals surface area contributed by atoms with Gasteiger partial charge < -0.3 is 41.0 Å². The fourth-order valence-electron chi connectivity index (χ4n) is 3.03. The maximum absolute atomic E-state index is 10.2. The Balaban J connectivity index is 1.83. The second-order valence-corrected chi connectivity index (χ2v) is 6.19. The van der Waals surface area contributed by atoms with E-state index in [9.17, 15) is 10.2 Å². The molecule has 130 valence electrons. The molecule has 2 rings (SSSR count). The number of aliphatic hydroxyl groups excluding tert-OH is 4. The lowest BCUT2D eigenvalue weighted by Crippen LogP contribution is -2.56. The van der Waals surface area contributed by atoms with Gasteiger partial charge in [0.2, 0.25) is 0 Å². The standard InChI is InChI=1S/C14H28N2O6/c15-11-3-8(16-5-9(19)6-17)4-12(14(11)20)22-13-2-1-10(7-18)21-13/h8-14,16-20H,1-7,15H2/t8?,9?,10?,11?,12?,13?,14-/m1/s1. The van der Waals surface area contributed by atoms with E-state index in [0.717, 1.165) is 6.42 Å². The van der Waals surface area contributed by atoms with Crippen molar-refractivity contribution in [2.24, 2.45) is 5.73 Å². The van der Waals surface area contributed by atoms with Crippen molar-refractivity contribution in [3.63, 3.8) is 0 Å². The lowest BCUT2D eigenvalue weighted by atomic mass is 9.86. The fraction of sp³-hybridized carbons (Fsp3) is 1.00. The molecule has 1 aliphatic heterocycles. The molecule has 7 atom stereocenters. The summed E-state index contributed by atoms with van der Waals surface area (Å²) in [4.78, 5) is 0. The summed E-state index contributed by atoms with van der Waals surface area (Å²) < 4.78 is 11.3. The van der Waals surface area contributed by atoms with E-state index in [2.05, 4.69) is 5.32 Å². The topological polar surface area (TPSA) is 137 Å². The SMILES string of the molecule is NC1CC(NCC(O)CO)CC(OC2CCC(CO)O2)[C@@H]1O. The number of hydrogen-bond donors (Lipinski definition) is 6. The summed E-state index contributed by atoms with van der Waals surface area (Å²) in [5.74, 6) is 0. The van der Waals surface area contributed by atoms with Crippen LogP contribution in [0.4, 0.5) is 0 Å². The first kappa shape index (κ1) is 18.0. The van der Waals surface area contributed by atoms with E-state index in [0.29, 0.717) is 19.3 Å². The fourth-order valence-corrected chi connectivity index (χ4v) is 3.03. The zero-order chi connectivity index (χ0) is 16.1. The average Bonchev–Trinajstić information content (AvgIpc) is 2.97. The van der Waals surface area contributed by atoms with Crippen LogP contribution in [0, 0.1) is 0 Å². The molecule has 0 bridgehead atoms. The minimum absolute atomic E-state index is 0.000332. The van der Waals surface area contributed by atoms with Crippen molar-refractivity contribution in [2.45, 2.75) is 68.5 Å². The number of aliphatic hydroxyl groups is 4. The maximum Gasteiger partial charge on any atom is 0.158 e. The molecule has 22 heavy (non-hydrogen) atoms. The lowest BCUT2D eigenvalue weighted by Gasteiger charge is -2.39. The van der Waals surface area contributed by atoms with E-state index in [1.54, 1.807) is 0 Å². The lowest BCUT2D eigenvalue weighted by molar-refractivity contribution is -0.199. The molecule has 0 aromatic rings. The Morgan fingerprint density at radius 1 is 1.27 bits per heavy atom. The van der Waals surface area contributed by atoms with Gasteiger partial charge in [0.25, 0.3) is 0 Å². The molecule has 0 aromatic heterocycles. The monoisotopic (exact) mass is 320 g/mol. The molecule has 1 saturated carbocycles. The first-order valence-electron chi connectivity index (χ1n) is 7.91. The Labute approximate surface area is 130 Å². The normalized spacial score (nSPS) is 40.8. The average molecular weight is 320 g/mol. The van der Waals surface area contributed by atoms with Gasteiger partial charge in [-0.1, -0.05) is 0 Å². The molecule has 8 nitrogen and oxygen atoms in total. The molecule has 0 aromatic carbocycles. The Morgan fingerprint density at radius 2 is 2.05 bits per heavy atom. The van der Waals surface area contributed by atoms with Gasteiger partial charge in [0.05, 0.1) is 37.6 Å². The predicted octanol–water partition coefficient (Wildman–Crippen LogP) is -2.34. The quantitative estimate of drug-likeness (QED) is 0.307. The minimum Gasteiger partial charge on any atom is -0.394 e. The summed E-state index contributed by atoms with van der Waals surface area (Å²) in [6.45, 7) is -0.0637. The van der Waals surface area contributed by atoms with Crippen molar-refractivity contribution < 1.29 is 29.9 Å². The summed E-state index contributed by atoms with van der Waals surface area (Å²) in [5, 5.41) is 40.6. The van der Waals surface area contributed by atoms with Crippen LogP contribution in [0.25, 0.3) is 0 Å². The van der Waals surface area contributed by atoms with Gasteiger partial charge in [-0.2, -0.15) is 0 Å². The highest BCUT2D eigenvalue weighted by molar-refractivity contribution is 4.93. The molecule has 0 spiro atoms. The van der Waals surface area contributed by atoms with Crippen molar-refractivity contribution in [3.05, 3.63) is 0 Å². The predicted molar refractivity (Wildman–Crippen MR) is 78.0 cm³/mol. The first-order chi connectivity index (χ1) is 10.5. The minimum atomic E-state index is -0.814. The Kier molecular flexibility index (Phi) is 6.97. The van der Waals surface area contributed by atoms with Gasteiger partial charge in [0.1, 0.15) is 0 Å². The van der Waals surface area contributed by atoms with E-state index in [1.807, 2.05) is 0 Å². The summed E-state index contributed by atoms with van der Waals surface area (Å²) in [6.07, 6.45) is -0.108. The summed E-state index contributed by atoms with van der Waals surface area (Å²) in [5.41, 5.74) is 5.96. The molecule has 2 aliphatic rings. The largest absolute Gasteiger partial charge is 0.394 e. The number of nitrogens with two attached hydrogens (primary N) is 1. The van der Waals surface area contributed by atoms with Crippen LogP contribution in [0.15, 0.2) is 0 Å². The van der Waals surface area contributed by atoms with E-state index in [-0.39, 0.29) is 31.9 Å². The van der Waals surface area contributed by atoms with Gasteiger partial charge in [0, 0.05) is 25.0 Å². The Hall–Kier alpha value is -0.320. The van der Waals surface area contributed by atoms with Crippen LogP contribution in [0.1, 0.15) is 25.7 Å². The molecular formula is C14H28N2O6. The molecule has 2 fully saturated rings. The molecule has 1 saturated heterocycles. The zero-order valence-corrected chi connectivity index (χ0v) is 12.7. The van der Waals surface area contributed by atoms with Gasteiger partial charge in [0.15, 0.2) is 6.29 Å². The smallest absolute Gasteiger partial charge is 0.158 e. The highest BCUT2D eigenvalue weighted by Gasteiger charge is 2.38. The molecule has 0 amide bonds. The summed E-state index contributed by atoms with van der Waals surface area (Å²) >= 11 is 0. The van der Waals surface area contributed by atoms with E-state index < -0.39 is 30.6 Å². The molecule has 8 heteroatoms. The van der Waals surface area contributed by atoms with E-state index >= 15 is 0 Å². The van der Waals surface area contributed by atoms with Crippen LogP contribution < -0.4 is 11.1 Å².